The molecule has 5 rings (SSSR count). The number of benzene rings is 1. The Hall–Kier alpha value is -3.15. The highest BCUT2D eigenvalue weighted by molar-refractivity contribution is 5.92. The maximum absolute atomic E-state index is 11.3. The van der Waals surface area contributed by atoms with Gasteiger partial charge in [-0.2, -0.15) is 5.26 Å². The Balaban J connectivity index is 1.40. The number of aromatic nitrogens is 1. The molecule has 2 saturated carbocycles. The monoisotopic (exact) mass is 504 g/mol. The molecule has 1 aromatic heterocycles. The summed E-state index contributed by atoms with van der Waals surface area (Å²) in [4.78, 5) is 17.2. The molecule has 0 bridgehead atoms. The van der Waals surface area contributed by atoms with Crippen molar-refractivity contribution in [2.75, 3.05) is 13.2 Å². The van der Waals surface area contributed by atoms with Crippen LogP contribution >= 0.6 is 0 Å². The number of allylic oxidation sites excluding steroid dienone is 1. The largest absolute Gasteiger partial charge is 0.490 e. The minimum Gasteiger partial charge on any atom is -0.490 e. The normalized spacial score (nSPS) is 20.1. The van der Waals surface area contributed by atoms with Gasteiger partial charge >= 0.3 is 0 Å². The standard InChI is InChI=1S/C29H36N4O4/c1-2-6-24(37-33(31-34)22-9-4-10-22)11-5-12-28-27(20-30)26-14-13-25(36-23-15-17-35-18-16-23)19-29(26)32(28)21-7-3-8-21/h2,5-6,12-14,19,21-24H,3-4,7-11,15-18H2,1H3/b6-2-,12-5+. The molecule has 1 atom stereocenters. The SMILES string of the molecule is C/C=C\C(C/C=C/c1c(C#N)c2ccc(OC3CCOCC3)cc2n1C1CCC1)ON(N=O)C1CCC1. The van der Waals surface area contributed by atoms with Gasteiger partial charge in [-0.3, -0.25) is 0 Å². The van der Waals surface area contributed by atoms with Crippen molar-refractivity contribution >= 4 is 17.0 Å². The van der Waals surface area contributed by atoms with E-state index in [0.29, 0.717) is 18.0 Å². The van der Waals surface area contributed by atoms with E-state index in [-0.39, 0.29) is 18.2 Å². The van der Waals surface area contributed by atoms with Crippen LogP contribution in [0.1, 0.15) is 82.0 Å². The molecule has 0 spiro atoms. The molecule has 1 aromatic carbocycles. The summed E-state index contributed by atoms with van der Waals surface area (Å²) in [7, 11) is 0. The smallest absolute Gasteiger partial charge is 0.121 e. The zero-order chi connectivity index (χ0) is 25.6. The summed E-state index contributed by atoms with van der Waals surface area (Å²) in [6, 6.07) is 9.00. The van der Waals surface area contributed by atoms with Gasteiger partial charge in [-0.25, -0.2) is 4.84 Å². The summed E-state index contributed by atoms with van der Waals surface area (Å²) in [5, 5.41) is 15.4. The van der Waals surface area contributed by atoms with Crippen LogP contribution < -0.4 is 4.74 Å². The summed E-state index contributed by atoms with van der Waals surface area (Å²) in [6.45, 7) is 3.40. The molecular formula is C29H36N4O4. The number of ether oxygens (including phenoxy) is 2. The van der Waals surface area contributed by atoms with Gasteiger partial charge < -0.3 is 14.0 Å². The predicted molar refractivity (Wildman–Crippen MR) is 143 cm³/mol. The van der Waals surface area contributed by atoms with Crippen molar-refractivity contribution < 1.29 is 14.3 Å². The molecule has 3 fully saturated rings. The molecule has 1 unspecified atom stereocenters. The molecule has 8 nitrogen and oxygen atoms in total. The second-order valence-corrected chi connectivity index (χ2v) is 10.2. The maximum atomic E-state index is 11.3. The molecule has 0 N–H and O–H groups in total. The molecule has 2 aromatic rings. The molecule has 2 heterocycles. The highest BCUT2D eigenvalue weighted by Crippen LogP contribution is 2.40. The van der Waals surface area contributed by atoms with E-state index in [1.165, 1.54) is 11.6 Å². The van der Waals surface area contributed by atoms with Gasteiger partial charge in [0, 0.05) is 30.3 Å². The van der Waals surface area contributed by atoms with Crippen LogP contribution in [0.2, 0.25) is 0 Å². The van der Waals surface area contributed by atoms with Crippen LogP contribution in [-0.4, -0.2) is 41.2 Å². The van der Waals surface area contributed by atoms with Crippen molar-refractivity contribution in [3.05, 3.63) is 52.6 Å². The van der Waals surface area contributed by atoms with Crippen LogP contribution in [0.15, 0.2) is 41.7 Å². The highest BCUT2D eigenvalue weighted by atomic mass is 16.7. The fraction of sp³-hybridized carbons (Fsp3) is 0.552. The fourth-order valence-electron chi connectivity index (χ4n) is 5.29. The summed E-state index contributed by atoms with van der Waals surface area (Å²) < 4.78 is 14.1. The second kappa shape index (κ2) is 11.9. The van der Waals surface area contributed by atoms with Crippen LogP contribution in [-0.2, 0) is 9.57 Å². The average Bonchev–Trinajstić information content (AvgIpc) is 3.14. The summed E-state index contributed by atoms with van der Waals surface area (Å²) >= 11 is 0. The number of fused-ring (bicyclic) bond motifs is 1. The van der Waals surface area contributed by atoms with Crippen LogP contribution in [0, 0.1) is 16.2 Å². The number of hydrogen-bond donors (Lipinski definition) is 0. The van der Waals surface area contributed by atoms with E-state index >= 15 is 0 Å². The van der Waals surface area contributed by atoms with Crippen LogP contribution in [0.5, 0.6) is 5.75 Å². The Labute approximate surface area is 218 Å². The zero-order valence-corrected chi connectivity index (χ0v) is 21.6. The van der Waals surface area contributed by atoms with Crippen LogP contribution in [0.25, 0.3) is 17.0 Å². The van der Waals surface area contributed by atoms with Gasteiger partial charge in [-0.05, 0) is 70.1 Å². The van der Waals surface area contributed by atoms with Gasteiger partial charge in [0.1, 0.15) is 24.0 Å². The van der Waals surface area contributed by atoms with E-state index in [2.05, 4.69) is 22.0 Å². The molecule has 3 aliphatic rings. The van der Waals surface area contributed by atoms with Gasteiger partial charge in [0.05, 0.1) is 41.3 Å². The number of hydroxylamine groups is 1. The lowest BCUT2D eigenvalue weighted by Crippen LogP contribution is -2.38. The van der Waals surface area contributed by atoms with E-state index < -0.39 is 0 Å². The minimum atomic E-state index is -0.300. The fourth-order valence-corrected chi connectivity index (χ4v) is 5.29. The first-order valence-corrected chi connectivity index (χ1v) is 13.6. The first-order valence-electron chi connectivity index (χ1n) is 13.6. The van der Waals surface area contributed by atoms with Crippen LogP contribution in [0.3, 0.4) is 0 Å². The lowest BCUT2D eigenvalue weighted by atomic mass is 9.92. The van der Waals surface area contributed by atoms with Crippen molar-refractivity contribution in [1.82, 2.24) is 9.74 Å². The quantitative estimate of drug-likeness (QED) is 0.194. The third kappa shape index (κ3) is 5.58. The number of hydrogen-bond acceptors (Lipinski definition) is 6. The number of rotatable bonds is 11. The third-order valence-corrected chi connectivity index (χ3v) is 7.80. The van der Waals surface area contributed by atoms with Crippen molar-refractivity contribution in [2.24, 2.45) is 5.29 Å². The topological polar surface area (TPSA) is 89.1 Å². The van der Waals surface area contributed by atoms with E-state index in [9.17, 15) is 10.2 Å². The van der Waals surface area contributed by atoms with Crippen molar-refractivity contribution in [3.63, 3.8) is 0 Å². The molecule has 2 aliphatic carbocycles. The van der Waals surface area contributed by atoms with E-state index in [4.69, 9.17) is 14.3 Å². The van der Waals surface area contributed by atoms with Gasteiger partial charge in [0.15, 0.2) is 0 Å². The molecule has 0 radical (unpaired) electrons. The number of nitrogens with zero attached hydrogens (tertiary/aromatic N) is 4. The van der Waals surface area contributed by atoms with Crippen LogP contribution in [0.4, 0.5) is 0 Å². The molecule has 0 amide bonds. The van der Waals surface area contributed by atoms with E-state index in [0.717, 1.165) is 80.5 Å². The molecule has 1 aliphatic heterocycles. The molecule has 37 heavy (non-hydrogen) atoms. The van der Waals surface area contributed by atoms with Gasteiger partial charge in [-0.1, -0.05) is 18.2 Å². The third-order valence-electron chi connectivity index (χ3n) is 7.80. The predicted octanol–water partition coefficient (Wildman–Crippen LogP) is 6.61. The Morgan fingerprint density at radius 2 is 2.00 bits per heavy atom. The Morgan fingerprint density at radius 3 is 2.62 bits per heavy atom. The van der Waals surface area contributed by atoms with Gasteiger partial charge in [-0.15, -0.1) is 10.1 Å². The van der Waals surface area contributed by atoms with Crippen molar-refractivity contribution in [3.8, 4) is 11.8 Å². The summed E-state index contributed by atoms with van der Waals surface area (Å²) in [5.41, 5.74) is 2.66. The molecule has 196 valence electrons. The lowest BCUT2D eigenvalue weighted by molar-refractivity contribution is -0.223. The lowest BCUT2D eigenvalue weighted by Gasteiger charge is -2.33. The van der Waals surface area contributed by atoms with E-state index in [1.54, 1.807) is 0 Å². The Kier molecular flexibility index (Phi) is 8.22. The second-order valence-electron chi connectivity index (χ2n) is 10.2. The molecular weight excluding hydrogens is 468 g/mol. The van der Waals surface area contributed by atoms with Gasteiger partial charge in [0.25, 0.3) is 0 Å². The summed E-state index contributed by atoms with van der Waals surface area (Å²) in [6.07, 6.45) is 16.5. The van der Waals surface area contributed by atoms with E-state index in [1.807, 2.05) is 43.4 Å². The Bertz CT molecular complexity index is 1180. The van der Waals surface area contributed by atoms with Crippen molar-refractivity contribution in [2.45, 2.75) is 89.0 Å². The first-order chi connectivity index (χ1) is 18.2. The average molecular weight is 505 g/mol. The highest BCUT2D eigenvalue weighted by Gasteiger charge is 2.29. The minimum absolute atomic E-state index is 0.0677. The number of nitroso groups, excluding NO2 is 1. The molecule has 1 saturated heterocycles. The summed E-state index contributed by atoms with van der Waals surface area (Å²) in [5.74, 6) is 0.844. The van der Waals surface area contributed by atoms with Crippen molar-refractivity contribution in [1.29, 1.82) is 5.26 Å². The first kappa shape index (κ1) is 25.5. The zero-order valence-electron chi connectivity index (χ0n) is 21.6. The molecule has 8 heteroatoms. The number of nitriles is 1. The maximum Gasteiger partial charge on any atom is 0.121 e. The van der Waals surface area contributed by atoms with Gasteiger partial charge in [0.2, 0.25) is 0 Å². The Morgan fingerprint density at radius 1 is 1.22 bits per heavy atom.